The topological polar surface area (TPSA) is 71.8 Å². The number of halogens is 1. The first-order valence-electron chi connectivity index (χ1n) is 7.89. The summed E-state index contributed by atoms with van der Waals surface area (Å²) in [7, 11) is 1.54. The maximum absolute atomic E-state index is 13.6. The number of hydrogen-bond donors (Lipinski definition) is 1. The minimum Gasteiger partial charge on any atom is -0.469 e. The maximum atomic E-state index is 13.6. The predicted molar refractivity (Wildman–Crippen MR) is 90.9 cm³/mol. The number of carbonyl (C=O) groups is 2. The third-order valence-electron chi connectivity index (χ3n) is 3.70. The lowest BCUT2D eigenvalue weighted by molar-refractivity contribution is -0.116. The number of aryl methyl sites for hydroxylation is 1. The second-order valence-electron chi connectivity index (χ2n) is 5.45. The zero-order valence-electron chi connectivity index (χ0n) is 14.3. The standard InChI is InChI=1S/C18H21FN2O4/c1-13-14(8-11-25-13)18(23)21(10-12-24-2)9-7-17(22)20-16-6-4-3-5-15(16)19/h3-6,8,11H,7,9-10,12H2,1-2H3,(H,20,22). The van der Waals surface area contributed by atoms with Crippen molar-refractivity contribution in [3.63, 3.8) is 0 Å². The fourth-order valence-corrected chi connectivity index (χ4v) is 2.31. The predicted octanol–water partition coefficient (Wildman–Crippen LogP) is 2.84. The monoisotopic (exact) mass is 348 g/mol. The molecule has 2 aromatic rings. The molecular formula is C18H21FN2O4. The Labute approximate surface area is 145 Å². The Hall–Kier alpha value is -2.67. The molecule has 1 heterocycles. The molecule has 0 unspecified atom stereocenters. The van der Waals surface area contributed by atoms with E-state index in [9.17, 15) is 14.0 Å². The first kappa shape index (κ1) is 18.7. The summed E-state index contributed by atoms with van der Waals surface area (Å²) in [5.41, 5.74) is 0.568. The molecule has 1 N–H and O–H groups in total. The molecule has 0 aliphatic heterocycles. The molecule has 0 atom stereocenters. The molecule has 2 rings (SSSR count). The number of amides is 2. The average Bonchev–Trinajstić information content (AvgIpc) is 3.02. The van der Waals surface area contributed by atoms with Crippen molar-refractivity contribution in [1.82, 2.24) is 4.90 Å². The number of nitrogens with zero attached hydrogens (tertiary/aromatic N) is 1. The van der Waals surface area contributed by atoms with E-state index in [1.54, 1.807) is 25.1 Å². The van der Waals surface area contributed by atoms with Crippen molar-refractivity contribution in [2.45, 2.75) is 13.3 Å². The highest BCUT2D eigenvalue weighted by molar-refractivity contribution is 5.96. The van der Waals surface area contributed by atoms with Gasteiger partial charge in [-0.15, -0.1) is 0 Å². The molecular weight excluding hydrogens is 327 g/mol. The lowest BCUT2D eigenvalue weighted by atomic mass is 10.2. The molecule has 0 saturated heterocycles. The Balaban J connectivity index is 1.97. The number of carbonyl (C=O) groups excluding carboxylic acids is 2. The summed E-state index contributed by atoms with van der Waals surface area (Å²) >= 11 is 0. The summed E-state index contributed by atoms with van der Waals surface area (Å²) in [6.45, 7) is 2.57. The Morgan fingerprint density at radius 2 is 2.00 bits per heavy atom. The summed E-state index contributed by atoms with van der Waals surface area (Å²) in [6, 6.07) is 7.52. The second kappa shape index (κ2) is 8.98. The molecule has 0 aliphatic carbocycles. The van der Waals surface area contributed by atoms with Crippen LogP contribution in [0.4, 0.5) is 10.1 Å². The van der Waals surface area contributed by atoms with Crippen LogP contribution in [0.5, 0.6) is 0 Å². The van der Waals surface area contributed by atoms with Crippen molar-refractivity contribution >= 4 is 17.5 Å². The van der Waals surface area contributed by atoms with E-state index in [0.29, 0.717) is 24.5 Å². The van der Waals surface area contributed by atoms with Gasteiger partial charge in [-0.2, -0.15) is 0 Å². The number of para-hydroxylation sites is 1. The maximum Gasteiger partial charge on any atom is 0.257 e. The molecule has 0 saturated carbocycles. The van der Waals surface area contributed by atoms with Crippen LogP contribution in [0.25, 0.3) is 0 Å². The normalized spacial score (nSPS) is 10.5. The molecule has 1 aromatic heterocycles. The minimum absolute atomic E-state index is 0.0423. The molecule has 25 heavy (non-hydrogen) atoms. The van der Waals surface area contributed by atoms with Crippen molar-refractivity contribution < 1.29 is 23.1 Å². The van der Waals surface area contributed by atoms with Crippen LogP contribution in [-0.4, -0.2) is 43.5 Å². The number of nitrogens with one attached hydrogen (secondary N) is 1. The van der Waals surface area contributed by atoms with Crippen LogP contribution < -0.4 is 5.32 Å². The molecule has 0 radical (unpaired) electrons. The highest BCUT2D eigenvalue weighted by Gasteiger charge is 2.20. The van der Waals surface area contributed by atoms with Crippen molar-refractivity contribution in [3.05, 3.63) is 53.7 Å². The van der Waals surface area contributed by atoms with Gasteiger partial charge >= 0.3 is 0 Å². The first-order valence-corrected chi connectivity index (χ1v) is 7.89. The Bertz CT molecular complexity index is 729. The van der Waals surface area contributed by atoms with Crippen molar-refractivity contribution in [2.75, 3.05) is 32.1 Å². The van der Waals surface area contributed by atoms with E-state index in [-0.39, 0.29) is 30.5 Å². The largest absolute Gasteiger partial charge is 0.469 e. The number of methoxy groups -OCH3 is 1. The molecule has 7 heteroatoms. The second-order valence-corrected chi connectivity index (χ2v) is 5.45. The van der Waals surface area contributed by atoms with Crippen LogP contribution >= 0.6 is 0 Å². The zero-order valence-corrected chi connectivity index (χ0v) is 14.3. The Morgan fingerprint density at radius 1 is 1.24 bits per heavy atom. The van der Waals surface area contributed by atoms with E-state index in [4.69, 9.17) is 9.15 Å². The van der Waals surface area contributed by atoms with Gasteiger partial charge in [0.25, 0.3) is 5.91 Å². The zero-order chi connectivity index (χ0) is 18.2. The van der Waals surface area contributed by atoms with Gasteiger partial charge in [0.05, 0.1) is 24.1 Å². The van der Waals surface area contributed by atoms with Crippen LogP contribution in [0.2, 0.25) is 0 Å². The van der Waals surface area contributed by atoms with Gasteiger partial charge < -0.3 is 19.4 Å². The number of anilines is 1. The molecule has 0 fully saturated rings. The minimum atomic E-state index is -0.503. The van der Waals surface area contributed by atoms with Crippen LogP contribution in [-0.2, 0) is 9.53 Å². The van der Waals surface area contributed by atoms with Gasteiger partial charge in [0.15, 0.2) is 0 Å². The van der Waals surface area contributed by atoms with Gasteiger partial charge in [0.1, 0.15) is 11.6 Å². The number of furan rings is 1. The van der Waals surface area contributed by atoms with Gasteiger partial charge in [-0.25, -0.2) is 4.39 Å². The highest BCUT2D eigenvalue weighted by atomic mass is 19.1. The third-order valence-corrected chi connectivity index (χ3v) is 3.70. The fourth-order valence-electron chi connectivity index (χ4n) is 2.31. The van der Waals surface area contributed by atoms with Crippen LogP contribution in [0.15, 0.2) is 41.0 Å². The number of rotatable bonds is 8. The van der Waals surface area contributed by atoms with Crippen LogP contribution in [0.3, 0.4) is 0 Å². The Morgan fingerprint density at radius 3 is 2.64 bits per heavy atom. The smallest absolute Gasteiger partial charge is 0.257 e. The van der Waals surface area contributed by atoms with Crippen LogP contribution in [0.1, 0.15) is 22.5 Å². The van der Waals surface area contributed by atoms with Gasteiger partial charge in [-0.1, -0.05) is 12.1 Å². The quantitative estimate of drug-likeness (QED) is 0.796. The van der Waals surface area contributed by atoms with E-state index in [1.807, 2.05) is 0 Å². The first-order chi connectivity index (χ1) is 12.0. The number of hydrogen-bond acceptors (Lipinski definition) is 4. The van der Waals surface area contributed by atoms with E-state index in [2.05, 4.69) is 5.32 Å². The lowest BCUT2D eigenvalue weighted by Gasteiger charge is -2.22. The van der Waals surface area contributed by atoms with Crippen molar-refractivity contribution in [3.8, 4) is 0 Å². The molecule has 134 valence electrons. The van der Waals surface area contributed by atoms with Gasteiger partial charge in [0, 0.05) is 26.6 Å². The molecule has 2 amide bonds. The van der Waals surface area contributed by atoms with Crippen LogP contribution in [0, 0.1) is 12.7 Å². The number of ether oxygens (including phenoxy) is 1. The third kappa shape index (κ3) is 5.15. The van der Waals surface area contributed by atoms with Gasteiger partial charge in [-0.05, 0) is 25.1 Å². The Kier molecular flexibility index (Phi) is 6.71. The van der Waals surface area contributed by atoms with Gasteiger partial charge in [-0.3, -0.25) is 9.59 Å². The highest BCUT2D eigenvalue weighted by Crippen LogP contribution is 2.14. The molecule has 0 bridgehead atoms. The molecule has 6 nitrogen and oxygen atoms in total. The summed E-state index contributed by atoms with van der Waals surface area (Å²) in [5, 5.41) is 2.51. The average molecular weight is 348 g/mol. The summed E-state index contributed by atoms with van der Waals surface area (Å²) in [4.78, 5) is 26.1. The number of benzene rings is 1. The fraction of sp³-hybridized carbons (Fsp3) is 0.333. The summed E-state index contributed by atoms with van der Waals surface area (Å²) < 4.78 is 23.7. The van der Waals surface area contributed by atoms with E-state index in [0.717, 1.165) is 0 Å². The van der Waals surface area contributed by atoms with Crippen molar-refractivity contribution in [1.29, 1.82) is 0 Å². The van der Waals surface area contributed by atoms with E-state index in [1.165, 1.54) is 30.4 Å². The van der Waals surface area contributed by atoms with E-state index >= 15 is 0 Å². The van der Waals surface area contributed by atoms with Gasteiger partial charge in [0.2, 0.25) is 5.91 Å². The lowest BCUT2D eigenvalue weighted by Crippen LogP contribution is -2.36. The van der Waals surface area contributed by atoms with E-state index < -0.39 is 5.82 Å². The summed E-state index contributed by atoms with van der Waals surface area (Å²) in [5.74, 6) is -0.591. The van der Waals surface area contributed by atoms with Crippen molar-refractivity contribution in [2.24, 2.45) is 0 Å². The molecule has 0 spiro atoms. The summed E-state index contributed by atoms with van der Waals surface area (Å²) in [6.07, 6.45) is 1.49. The SMILES string of the molecule is COCCN(CCC(=O)Nc1ccccc1F)C(=O)c1ccoc1C. The molecule has 1 aromatic carbocycles. The molecule has 0 aliphatic rings.